The van der Waals surface area contributed by atoms with E-state index in [1.807, 2.05) is 0 Å². The number of alkyl halides is 3. The van der Waals surface area contributed by atoms with E-state index in [2.05, 4.69) is 9.89 Å². The third-order valence-corrected chi connectivity index (χ3v) is 4.96. The lowest BCUT2D eigenvalue weighted by atomic mass is 10.1. The second-order valence-electron chi connectivity index (χ2n) is 6.97. The first-order valence-corrected chi connectivity index (χ1v) is 9.18. The van der Waals surface area contributed by atoms with Gasteiger partial charge in [-0.1, -0.05) is 11.2 Å². The predicted molar refractivity (Wildman–Crippen MR) is 97.8 cm³/mol. The van der Waals surface area contributed by atoms with Crippen LogP contribution in [0.4, 0.5) is 13.2 Å². The van der Waals surface area contributed by atoms with Crippen molar-refractivity contribution in [2.45, 2.75) is 37.4 Å². The molecule has 1 unspecified atom stereocenters. The van der Waals surface area contributed by atoms with Crippen molar-refractivity contribution in [1.82, 2.24) is 14.3 Å². The summed E-state index contributed by atoms with van der Waals surface area (Å²) in [6, 6.07) is 4.66. The molecule has 1 aliphatic rings. The number of hydrogen-bond acceptors (Lipinski definition) is 9. The minimum atomic E-state index is -4.97. The number of aliphatic hydroxyl groups is 3. The number of rotatable bonds is 5. The van der Waals surface area contributed by atoms with Gasteiger partial charge in [0, 0.05) is 12.3 Å². The van der Waals surface area contributed by atoms with Crippen LogP contribution in [0.15, 0.2) is 44.6 Å². The molecule has 0 bridgehead atoms. The summed E-state index contributed by atoms with van der Waals surface area (Å²) >= 11 is 0. The number of hydrogen-bond donors (Lipinski definition) is 3. The first-order valence-electron chi connectivity index (χ1n) is 9.18. The van der Waals surface area contributed by atoms with Gasteiger partial charge in [-0.15, -0.1) is 13.2 Å². The molecule has 4 rings (SSSR count). The molecule has 1 fully saturated rings. The zero-order valence-corrected chi connectivity index (χ0v) is 16.0. The number of nitrogens with zero attached hydrogens (tertiary/aromatic N) is 3. The molecule has 172 valence electrons. The summed E-state index contributed by atoms with van der Waals surface area (Å²) in [5.41, 5.74) is -2.07. The van der Waals surface area contributed by atoms with E-state index in [9.17, 15) is 38.1 Å². The van der Waals surface area contributed by atoms with E-state index in [4.69, 9.17) is 9.26 Å². The number of para-hydroxylation sites is 1. The smallest absolute Gasteiger partial charge is 0.402 e. The fourth-order valence-corrected chi connectivity index (χ4v) is 3.44. The average Bonchev–Trinajstić information content (AvgIpc) is 3.26. The van der Waals surface area contributed by atoms with Crippen LogP contribution >= 0.6 is 0 Å². The van der Waals surface area contributed by atoms with Crippen molar-refractivity contribution in [3.8, 4) is 5.75 Å². The van der Waals surface area contributed by atoms with Crippen molar-refractivity contribution >= 4 is 11.0 Å². The zero-order chi connectivity index (χ0) is 23.2. The molecule has 2 aromatic heterocycles. The monoisotopic (exact) mass is 459 g/mol. The van der Waals surface area contributed by atoms with E-state index in [0.717, 1.165) is 22.9 Å². The SMILES string of the molecule is O=c1ccn([C@@H]2O[C@H](CO)C(O)[C@@H]2O)c(=O)n1Cc1noc2c(OC(F)(F)F)cccc12. The van der Waals surface area contributed by atoms with Crippen LogP contribution in [0, 0.1) is 0 Å². The quantitative estimate of drug-likeness (QED) is 0.468. The standard InChI is InChI=1S/C18H16F3N3O8/c19-18(20,21)31-10-3-1-2-8-9(22-32-15(8)10)6-24-12(26)4-5-23(17(24)29)16-14(28)13(27)11(7-25)30-16/h1-5,11,13-14,16,25,27-28H,6-7H2/t11-,13?,14+,16-/m1/s1. The summed E-state index contributed by atoms with van der Waals surface area (Å²) < 4.78 is 53.5. The molecule has 0 radical (unpaired) electrons. The summed E-state index contributed by atoms with van der Waals surface area (Å²) in [6.07, 6.45) is -9.48. The number of ether oxygens (including phenoxy) is 2. The molecule has 3 aromatic rings. The molecule has 3 heterocycles. The van der Waals surface area contributed by atoms with Gasteiger partial charge in [0.25, 0.3) is 5.56 Å². The number of aromatic nitrogens is 3. The van der Waals surface area contributed by atoms with Gasteiger partial charge in [0.1, 0.15) is 24.0 Å². The van der Waals surface area contributed by atoms with Crippen molar-refractivity contribution in [1.29, 1.82) is 0 Å². The molecule has 1 saturated heterocycles. The number of aliphatic hydroxyl groups excluding tert-OH is 3. The Bertz CT molecular complexity index is 1250. The maximum Gasteiger partial charge on any atom is 0.573 e. The van der Waals surface area contributed by atoms with Crippen LogP contribution in [0.25, 0.3) is 11.0 Å². The molecule has 4 atom stereocenters. The van der Waals surface area contributed by atoms with Crippen molar-refractivity contribution < 1.29 is 42.5 Å². The van der Waals surface area contributed by atoms with Gasteiger partial charge in [-0.2, -0.15) is 0 Å². The first kappa shape index (κ1) is 22.0. The molecule has 1 aromatic carbocycles. The molecule has 0 spiro atoms. The molecule has 32 heavy (non-hydrogen) atoms. The van der Waals surface area contributed by atoms with E-state index < -0.39 is 61.1 Å². The molecule has 3 N–H and O–H groups in total. The van der Waals surface area contributed by atoms with Gasteiger partial charge in [-0.05, 0) is 12.1 Å². The molecule has 0 aliphatic carbocycles. The topological polar surface area (TPSA) is 149 Å². The van der Waals surface area contributed by atoms with Crippen molar-refractivity contribution in [3.05, 3.63) is 57.0 Å². The third kappa shape index (κ3) is 3.88. The van der Waals surface area contributed by atoms with Crippen molar-refractivity contribution in [2.75, 3.05) is 6.61 Å². The van der Waals surface area contributed by atoms with Crippen molar-refractivity contribution in [2.24, 2.45) is 0 Å². The Balaban J connectivity index is 1.71. The van der Waals surface area contributed by atoms with Gasteiger partial charge >= 0.3 is 12.1 Å². The van der Waals surface area contributed by atoms with Crippen molar-refractivity contribution in [3.63, 3.8) is 0 Å². The highest BCUT2D eigenvalue weighted by Crippen LogP contribution is 2.32. The molecule has 14 heteroatoms. The molecule has 11 nitrogen and oxygen atoms in total. The Kier molecular flexibility index (Phi) is 5.54. The third-order valence-electron chi connectivity index (χ3n) is 4.96. The van der Waals surface area contributed by atoms with E-state index in [0.29, 0.717) is 4.57 Å². The Labute approximate surface area is 175 Å². The van der Waals surface area contributed by atoms with Gasteiger partial charge in [-0.3, -0.25) is 13.9 Å². The van der Waals surface area contributed by atoms with Crippen LogP contribution in [0.3, 0.4) is 0 Å². The fourth-order valence-electron chi connectivity index (χ4n) is 3.44. The maximum absolute atomic E-state index is 12.9. The normalized spacial score (nSPS) is 23.7. The molecular weight excluding hydrogens is 443 g/mol. The Morgan fingerprint density at radius 3 is 2.56 bits per heavy atom. The summed E-state index contributed by atoms with van der Waals surface area (Å²) in [5.74, 6) is -0.641. The molecular formula is C18H16F3N3O8. The minimum Gasteiger partial charge on any atom is -0.402 e. The van der Waals surface area contributed by atoms with Crippen LogP contribution in [-0.4, -0.2) is 60.9 Å². The van der Waals surface area contributed by atoms with Crippen LogP contribution in [0.1, 0.15) is 11.9 Å². The van der Waals surface area contributed by atoms with E-state index in [1.54, 1.807) is 0 Å². The molecule has 1 aliphatic heterocycles. The highest BCUT2D eigenvalue weighted by atomic mass is 19.4. The van der Waals surface area contributed by atoms with E-state index >= 15 is 0 Å². The molecule has 0 saturated carbocycles. The van der Waals surface area contributed by atoms with Gasteiger partial charge < -0.3 is 29.3 Å². The minimum absolute atomic E-state index is 0.0225. The summed E-state index contributed by atoms with van der Waals surface area (Å²) in [6.45, 7) is -1.09. The lowest BCUT2D eigenvalue weighted by Gasteiger charge is -2.18. The highest BCUT2D eigenvalue weighted by Gasteiger charge is 2.44. The second kappa shape index (κ2) is 8.05. The Morgan fingerprint density at radius 2 is 1.91 bits per heavy atom. The van der Waals surface area contributed by atoms with Gasteiger partial charge in [0.15, 0.2) is 12.0 Å². The van der Waals surface area contributed by atoms with Gasteiger partial charge in [0.05, 0.1) is 18.5 Å². The summed E-state index contributed by atoms with van der Waals surface area (Å²) in [4.78, 5) is 25.2. The molecule has 0 amide bonds. The zero-order valence-electron chi connectivity index (χ0n) is 16.0. The summed E-state index contributed by atoms with van der Waals surface area (Å²) in [7, 11) is 0. The van der Waals surface area contributed by atoms with Crippen LogP contribution in [-0.2, 0) is 11.3 Å². The number of halogens is 3. The lowest BCUT2D eigenvalue weighted by molar-refractivity contribution is -0.274. The number of fused-ring (bicyclic) bond motifs is 1. The maximum atomic E-state index is 12.9. The van der Waals surface area contributed by atoms with Crippen LogP contribution < -0.4 is 16.0 Å². The summed E-state index contributed by atoms with van der Waals surface area (Å²) in [5, 5.41) is 33.0. The fraction of sp³-hybridized carbons (Fsp3) is 0.389. The van der Waals surface area contributed by atoms with Gasteiger partial charge in [0.2, 0.25) is 5.58 Å². The van der Waals surface area contributed by atoms with E-state index in [1.165, 1.54) is 12.1 Å². The van der Waals surface area contributed by atoms with E-state index in [-0.39, 0.29) is 16.7 Å². The first-order chi connectivity index (χ1) is 15.1. The Morgan fingerprint density at radius 1 is 1.16 bits per heavy atom. The largest absolute Gasteiger partial charge is 0.573 e. The predicted octanol–water partition coefficient (Wildman–Crippen LogP) is -0.290. The van der Waals surface area contributed by atoms with Crippen LogP contribution in [0.5, 0.6) is 5.75 Å². The lowest BCUT2D eigenvalue weighted by Crippen LogP contribution is -2.43. The van der Waals surface area contributed by atoms with Gasteiger partial charge in [-0.25, -0.2) is 4.79 Å². The van der Waals surface area contributed by atoms with Crippen LogP contribution in [0.2, 0.25) is 0 Å². The number of benzene rings is 1. The highest BCUT2D eigenvalue weighted by molar-refractivity contribution is 5.84. The Hall–Kier alpha value is -3.20. The average molecular weight is 459 g/mol. The second-order valence-corrected chi connectivity index (χ2v) is 6.97.